The highest BCUT2D eigenvalue weighted by molar-refractivity contribution is 7.12. The first kappa shape index (κ1) is 25.7. The number of hydrogen-bond acceptors (Lipinski definition) is 5. The minimum Gasteiger partial charge on any atom is -0.358 e. The minimum atomic E-state index is -1.30. The van der Waals surface area contributed by atoms with Crippen LogP contribution in [0.15, 0.2) is 96.5 Å². The van der Waals surface area contributed by atoms with E-state index < -0.39 is 23.4 Å². The Labute approximate surface area is 243 Å². The summed E-state index contributed by atoms with van der Waals surface area (Å²) < 4.78 is 0. The molecule has 1 aromatic heterocycles. The molecule has 0 saturated carbocycles. The minimum absolute atomic E-state index is 0.141. The van der Waals surface area contributed by atoms with Crippen LogP contribution in [-0.4, -0.2) is 28.4 Å². The van der Waals surface area contributed by atoms with Crippen LogP contribution in [0.3, 0.4) is 0 Å². The molecule has 3 aliphatic heterocycles. The third-order valence-electron chi connectivity index (χ3n) is 8.77. The molecule has 41 heavy (non-hydrogen) atoms. The third-order valence-corrected chi connectivity index (χ3v) is 9.65. The molecule has 6 heteroatoms. The highest BCUT2D eigenvalue weighted by Gasteiger charge is 2.70. The fraction of sp³-hybridized carbons (Fsp3) is 0.229. The maximum Gasteiger partial charge on any atom is 0.238 e. The second kappa shape index (κ2) is 9.67. The van der Waals surface area contributed by atoms with Crippen LogP contribution in [0.1, 0.15) is 62.2 Å². The molecule has 0 bridgehead atoms. The highest BCUT2D eigenvalue weighted by Crippen LogP contribution is 2.62. The lowest BCUT2D eigenvalue weighted by Crippen LogP contribution is -2.49. The van der Waals surface area contributed by atoms with Gasteiger partial charge in [0.15, 0.2) is 11.6 Å². The van der Waals surface area contributed by atoms with Gasteiger partial charge in [0.25, 0.3) is 0 Å². The summed E-state index contributed by atoms with van der Waals surface area (Å²) in [6.07, 6.45) is 4.81. The number of Topliss-reactive ketones (excluding diaryl/α,β-unsaturated/α-hetero) is 2. The zero-order valence-electron chi connectivity index (χ0n) is 22.9. The number of carbonyl (C=O) groups excluding carboxylic acids is 3. The van der Waals surface area contributed by atoms with Crippen molar-refractivity contribution in [1.82, 2.24) is 4.90 Å². The van der Waals surface area contributed by atoms with E-state index in [0.717, 1.165) is 28.7 Å². The number of nitrogens with one attached hydrogen (secondary N) is 1. The Balaban J connectivity index is 1.48. The SMILES string of the molecule is CC(C)Cc1ccc(C(=O)[C@@H]2[C@@H](C(=O)c3cccs3)N3C=Cc4ccccc4[C@@H]3[C@]23C(=O)Nc2ccccc23)cc1. The van der Waals surface area contributed by atoms with Crippen molar-refractivity contribution in [2.24, 2.45) is 11.8 Å². The van der Waals surface area contributed by atoms with Gasteiger partial charge in [0.05, 0.1) is 16.8 Å². The summed E-state index contributed by atoms with van der Waals surface area (Å²) in [6.45, 7) is 4.33. The average Bonchev–Trinajstić information content (AvgIpc) is 3.69. The van der Waals surface area contributed by atoms with E-state index in [9.17, 15) is 14.4 Å². The molecule has 3 aliphatic rings. The van der Waals surface area contributed by atoms with Crippen LogP contribution in [0, 0.1) is 11.8 Å². The summed E-state index contributed by atoms with van der Waals surface area (Å²) in [5.41, 5.74) is 3.75. The second-order valence-corrected chi connectivity index (χ2v) is 12.5. The monoisotopic (exact) mass is 558 g/mol. The Bertz CT molecular complexity index is 1710. The normalized spacial score (nSPS) is 23.8. The fourth-order valence-electron chi connectivity index (χ4n) is 7.19. The maximum absolute atomic E-state index is 14.9. The third kappa shape index (κ3) is 3.77. The van der Waals surface area contributed by atoms with Gasteiger partial charge in [0.1, 0.15) is 11.5 Å². The predicted molar refractivity (Wildman–Crippen MR) is 162 cm³/mol. The quantitative estimate of drug-likeness (QED) is 0.261. The predicted octanol–water partition coefficient (Wildman–Crippen LogP) is 6.93. The van der Waals surface area contributed by atoms with Crippen LogP contribution in [0.4, 0.5) is 5.69 Å². The molecular weight excluding hydrogens is 528 g/mol. The van der Waals surface area contributed by atoms with Gasteiger partial charge in [0.2, 0.25) is 5.91 Å². The summed E-state index contributed by atoms with van der Waals surface area (Å²) in [5.74, 6) is -1.03. The smallest absolute Gasteiger partial charge is 0.238 e. The molecule has 1 N–H and O–H groups in total. The van der Waals surface area contributed by atoms with Crippen molar-refractivity contribution in [3.63, 3.8) is 0 Å². The van der Waals surface area contributed by atoms with Crippen LogP contribution < -0.4 is 5.32 Å². The van der Waals surface area contributed by atoms with Crippen molar-refractivity contribution in [2.45, 2.75) is 37.8 Å². The van der Waals surface area contributed by atoms with E-state index in [2.05, 4.69) is 19.2 Å². The molecule has 5 nitrogen and oxygen atoms in total. The number of nitrogens with zero attached hydrogens (tertiary/aromatic N) is 1. The number of fused-ring (bicyclic) bond motifs is 6. The highest BCUT2D eigenvalue weighted by atomic mass is 32.1. The van der Waals surface area contributed by atoms with Crippen LogP contribution in [0.5, 0.6) is 0 Å². The van der Waals surface area contributed by atoms with Crippen molar-refractivity contribution < 1.29 is 14.4 Å². The van der Waals surface area contributed by atoms with Gasteiger partial charge in [0, 0.05) is 17.5 Å². The van der Waals surface area contributed by atoms with E-state index in [4.69, 9.17) is 0 Å². The summed E-state index contributed by atoms with van der Waals surface area (Å²) in [7, 11) is 0. The first-order chi connectivity index (χ1) is 19.9. The zero-order chi connectivity index (χ0) is 28.3. The van der Waals surface area contributed by atoms with Gasteiger partial charge in [-0.3, -0.25) is 14.4 Å². The largest absolute Gasteiger partial charge is 0.358 e. The van der Waals surface area contributed by atoms with E-state index >= 15 is 0 Å². The molecule has 4 aromatic rings. The number of thiophene rings is 1. The Kier molecular flexibility index (Phi) is 6.05. The first-order valence-electron chi connectivity index (χ1n) is 14.1. The van der Waals surface area contributed by atoms with Gasteiger partial charge in [-0.05, 0) is 58.2 Å². The van der Waals surface area contributed by atoms with Crippen molar-refractivity contribution in [1.29, 1.82) is 0 Å². The Morgan fingerprint density at radius 3 is 2.44 bits per heavy atom. The molecule has 204 valence electrons. The standard InChI is InChI=1S/C35H30N2O3S/c1-21(2)20-22-13-15-24(16-14-22)31(38)29-30(32(39)28-12-7-19-41-28)37-18-17-23-8-3-4-9-25(23)33(37)35(29)26-10-5-6-11-27(26)36-34(35)40/h3-19,21,29-30,33H,20H2,1-2H3,(H,36,40)/t29-,30-,33+,35+/m0/s1. The lowest BCUT2D eigenvalue weighted by atomic mass is 9.62. The lowest BCUT2D eigenvalue weighted by Gasteiger charge is -2.38. The first-order valence-corrected chi connectivity index (χ1v) is 15.0. The number of hydrogen-bond donors (Lipinski definition) is 1. The van der Waals surface area contributed by atoms with Gasteiger partial charge in [-0.2, -0.15) is 0 Å². The summed E-state index contributed by atoms with van der Waals surface area (Å²) in [4.78, 5) is 46.3. The molecule has 7 rings (SSSR count). The molecular formula is C35H30N2O3S. The average molecular weight is 559 g/mol. The van der Waals surface area contributed by atoms with E-state index in [1.165, 1.54) is 11.3 Å². The van der Waals surface area contributed by atoms with E-state index in [0.29, 0.717) is 22.0 Å². The van der Waals surface area contributed by atoms with E-state index in [1.807, 2.05) is 101 Å². The van der Waals surface area contributed by atoms with Crippen molar-refractivity contribution >= 4 is 40.6 Å². The summed E-state index contributed by atoms with van der Waals surface area (Å²) in [6, 6.07) is 25.6. The van der Waals surface area contributed by atoms with Gasteiger partial charge in [-0.1, -0.05) is 86.6 Å². The van der Waals surface area contributed by atoms with Crippen molar-refractivity contribution in [2.75, 3.05) is 5.32 Å². The number of amides is 1. The fourth-order valence-corrected chi connectivity index (χ4v) is 7.89. The van der Waals surface area contributed by atoms with Crippen LogP contribution >= 0.6 is 11.3 Å². The second-order valence-electron chi connectivity index (χ2n) is 11.6. The maximum atomic E-state index is 14.9. The number of rotatable bonds is 6. The van der Waals surface area contributed by atoms with Gasteiger partial charge < -0.3 is 10.2 Å². The molecule has 4 heterocycles. The van der Waals surface area contributed by atoms with Crippen molar-refractivity contribution in [3.8, 4) is 0 Å². The lowest BCUT2D eigenvalue weighted by molar-refractivity contribution is -0.122. The van der Waals surface area contributed by atoms with Gasteiger partial charge >= 0.3 is 0 Å². The number of ketones is 2. The van der Waals surface area contributed by atoms with Crippen LogP contribution in [0.25, 0.3) is 6.08 Å². The van der Waals surface area contributed by atoms with Gasteiger partial charge in [-0.25, -0.2) is 0 Å². The Morgan fingerprint density at radius 2 is 1.68 bits per heavy atom. The Hall–Kier alpha value is -4.29. The molecule has 4 atom stereocenters. The number of para-hydroxylation sites is 1. The number of benzene rings is 3. The molecule has 1 amide bonds. The molecule has 1 saturated heterocycles. The molecule has 1 fully saturated rings. The summed E-state index contributed by atoms with van der Waals surface area (Å²) >= 11 is 1.37. The zero-order valence-corrected chi connectivity index (χ0v) is 23.7. The van der Waals surface area contributed by atoms with Crippen LogP contribution in [-0.2, 0) is 16.6 Å². The molecule has 3 aromatic carbocycles. The number of anilines is 1. The molecule has 1 spiro atoms. The summed E-state index contributed by atoms with van der Waals surface area (Å²) in [5, 5.41) is 4.98. The van der Waals surface area contributed by atoms with E-state index in [-0.39, 0.29) is 17.5 Å². The van der Waals surface area contributed by atoms with Crippen molar-refractivity contribution in [3.05, 3.63) is 129 Å². The number of carbonyl (C=O) groups is 3. The van der Waals surface area contributed by atoms with E-state index in [1.54, 1.807) is 6.07 Å². The topological polar surface area (TPSA) is 66.5 Å². The Morgan fingerprint density at radius 1 is 0.927 bits per heavy atom. The molecule has 0 unspecified atom stereocenters. The molecule has 0 radical (unpaired) electrons. The van der Waals surface area contributed by atoms with Gasteiger partial charge in [-0.15, -0.1) is 11.3 Å². The molecule has 0 aliphatic carbocycles. The van der Waals surface area contributed by atoms with Crippen LogP contribution in [0.2, 0.25) is 0 Å².